The van der Waals surface area contributed by atoms with Gasteiger partial charge in [-0.3, -0.25) is 0 Å². The number of hydrogen-bond donors (Lipinski definition) is 1. The van der Waals surface area contributed by atoms with Crippen molar-refractivity contribution in [1.29, 1.82) is 0 Å². The van der Waals surface area contributed by atoms with Crippen LogP contribution in [0.1, 0.15) is 23.1 Å². The molecule has 19 heavy (non-hydrogen) atoms. The molecule has 0 spiro atoms. The fraction of sp³-hybridized carbons (Fsp3) is 0.385. The minimum atomic E-state index is 0.420. The van der Waals surface area contributed by atoms with E-state index in [1.807, 2.05) is 32.9 Å². The molecule has 4 nitrogen and oxygen atoms in total. The maximum absolute atomic E-state index is 6.12. The Hall–Kier alpha value is -1.33. The summed E-state index contributed by atoms with van der Waals surface area (Å²) < 4.78 is 5.72. The minimum Gasteiger partial charge on any atom is -0.486 e. The van der Waals surface area contributed by atoms with Crippen LogP contribution >= 0.6 is 22.9 Å². The van der Waals surface area contributed by atoms with Crippen LogP contribution in [-0.4, -0.2) is 16.7 Å². The van der Waals surface area contributed by atoms with Crippen molar-refractivity contribution in [1.82, 2.24) is 10.2 Å². The lowest BCUT2D eigenvalue weighted by atomic mass is 10.1. The molecule has 1 aromatic carbocycles. The molecule has 102 valence electrons. The van der Waals surface area contributed by atoms with E-state index in [1.54, 1.807) is 0 Å². The zero-order valence-electron chi connectivity index (χ0n) is 11.2. The van der Waals surface area contributed by atoms with Gasteiger partial charge in [0.15, 0.2) is 5.01 Å². The number of ether oxygens (including phenoxy) is 1. The third-order valence-corrected chi connectivity index (χ3v) is 4.02. The molecular formula is C13H16ClN3OS. The summed E-state index contributed by atoms with van der Waals surface area (Å²) in [5.41, 5.74) is 2.03. The Morgan fingerprint density at radius 3 is 2.58 bits per heavy atom. The number of nitrogens with one attached hydrogen (secondary N) is 1. The van der Waals surface area contributed by atoms with Gasteiger partial charge in [-0.2, -0.15) is 0 Å². The van der Waals surface area contributed by atoms with Crippen molar-refractivity contribution in [3.63, 3.8) is 0 Å². The highest BCUT2D eigenvalue weighted by Gasteiger charge is 2.06. The van der Waals surface area contributed by atoms with Crippen LogP contribution < -0.4 is 10.1 Å². The van der Waals surface area contributed by atoms with Crippen LogP contribution in [0, 0.1) is 13.8 Å². The molecule has 0 aliphatic heterocycles. The van der Waals surface area contributed by atoms with E-state index in [-0.39, 0.29) is 0 Å². The van der Waals surface area contributed by atoms with E-state index in [0.717, 1.165) is 38.6 Å². The second-order valence-electron chi connectivity index (χ2n) is 4.19. The van der Waals surface area contributed by atoms with Crippen LogP contribution in [0.15, 0.2) is 12.1 Å². The molecule has 0 aliphatic rings. The van der Waals surface area contributed by atoms with Gasteiger partial charge in [-0.15, -0.1) is 10.2 Å². The first kappa shape index (κ1) is 14.1. The Morgan fingerprint density at radius 2 is 1.95 bits per heavy atom. The van der Waals surface area contributed by atoms with Crippen LogP contribution in [0.5, 0.6) is 5.75 Å². The fourth-order valence-electron chi connectivity index (χ4n) is 1.67. The molecule has 0 aliphatic carbocycles. The molecule has 0 amide bonds. The third-order valence-electron chi connectivity index (χ3n) is 2.57. The summed E-state index contributed by atoms with van der Waals surface area (Å²) in [6.45, 7) is 7.22. The first-order valence-electron chi connectivity index (χ1n) is 6.06. The van der Waals surface area contributed by atoms with Crippen LogP contribution in [0.4, 0.5) is 5.13 Å². The molecule has 0 atom stereocenters. The van der Waals surface area contributed by atoms with E-state index in [9.17, 15) is 0 Å². The van der Waals surface area contributed by atoms with E-state index in [1.165, 1.54) is 11.3 Å². The van der Waals surface area contributed by atoms with Crippen LogP contribution in [0.3, 0.4) is 0 Å². The van der Waals surface area contributed by atoms with Gasteiger partial charge in [-0.05, 0) is 44.0 Å². The summed E-state index contributed by atoms with van der Waals surface area (Å²) in [7, 11) is 0. The van der Waals surface area contributed by atoms with E-state index >= 15 is 0 Å². The predicted octanol–water partition coefficient (Wildman–Crippen LogP) is 3.82. The van der Waals surface area contributed by atoms with Crippen molar-refractivity contribution in [3.05, 3.63) is 33.3 Å². The largest absolute Gasteiger partial charge is 0.486 e. The lowest BCUT2D eigenvalue weighted by Gasteiger charge is -2.08. The molecule has 0 fully saturated rings. The van der Waals surface area contributed by atoms with Gasteiger partial charge >= 0.3 is 0 Å². The zero-order valence-corrected chi connectivity index (χ0v) is 12.7. The average molecular weight is 298 g/mol. The second kappa shape index (κ2) is 6.21. The zero-order chi connectivity index (χ0) is 13.8. The number of nitrogens with zero attached hydrogens (tertiary/aromatic N) is 2. The highest BCUT2D eigenvalue weighted by Crippen LogP contribution is 2.26. The Kier molecular flexibility index (Phi) is 4.61. The molecule has 0 radical (unpaired) electrons. The average Bonchev–Trinajstić information content (AvgIpc) is 2.81. The lowest BCUT2D eigenvalue weighted by Crippen LogP contribution is -1.96. The van der Waals surface area contributed by atoms with E-state index < -0.39 is 0 Å². The van der Waals surface area contributed by atoms with Gasteiger partial charge < -0.3 is 10.1 Å². The number of aryl methyl sites for hydroxylation is 2. The van der Waals surface area contributed by atoms with E-state index in [2.05, 4.69) is 15.5 Å². The Balaban J connectivity index is 2.01. The first-order valence-corrected chi connectivity index (χ1v) is 7.25. The maximum atomic E-state index is 6.12. The van der Waals surface area contributed by atoms with Crippen molar-refractivity contribution < 1.29 is 4.74 Å². The van der Waals surface area contributed by atoms with Crippen LogP contribution in [0.2, 0.25) is 5.02 Å². The number of rotatable bonds is 5. The first-order chi connectivity index (χ1) is 9.10. The van der Waals surface area contributed by atoms with Crippen molar-refractivity contribution in [2.24, 2.45) is 0 Å². The molecule has 0 saturated carbocycles. The number of halogens is 1. The molecule has 0 saturated heterocycles. The molecule has 1 N–H and O–H groups in total. The highest BCUT2D eigenvalue weighted by atomic mass is 35.5. The topological polar surface area (TPSA) is 47.0 Å². The lowest BCUT2D eigenvalue weighted by molar-refractivity contribution is 0.304. The summed E-state index contributed by atoms with van der Waals surface area (Å²) >= 11 is 7.62. The number of benzene rings is 1. The van der Waals surface area contributed by atoms with Crippen molar-refractivity contribution in [2.75, 3.05) is 11.9 Å². The van der Waals surface area contributed by atoms with Gasteiger partial charge in [0.25, 0.3) is 0 Å². The molecule has 1 heterocycles. The quantitative estimate of drug-likeness (QED) is 0.911. The van der Waals surface area contributed by atoms with Crippen molar-refractivity contribution in [3.8, 4) is 5.75 Å². The Bertz CT molecular complexity index is 548. The SMILES string of the molecule is CCNc1nnc(COc2cc(C)c(Cl)c(C)c2)s1. The van der Waals surface area contributed by atoms with Gasteiger partial charge in [-0.25, -0.2) is 0 Å². The molecule has 6 heteroatoms. The summed E-state index contributed by atoms with van der Waals surface area (Å²) in [5, 5.41) is 13.7. The van der Waals surface area contributed by atoms with Gasteiger partial charge in [0.1, 0.15) is 12.4 Å². The maximum Gasteiger partial charge on any atom is 0.205 e. The summed E-state index contributed by atoms with van der Waals surface area (Å²) in [5.74, 6) is 0.805. The molecule has 2 rings (SSSR count). The third kappa shape index (κ3) is 3.58. The molecule has 0 bridgehead atoms. The Labute approximate surface area is 121 Å². The van der Waals surface area contributed by atoms with Crippen LogP contribution in [-0.2, 0) is 6.61 Å². The number of hydrogen-bond acceptors (Lipinski definition) is 5. The van der Waals surface area contributed by atoms with Gasteiger partial charge in [0.05, 0.1) is 0 Å². The summed E-state index contributed by atoms with van der Waals surface area (Å²) in [4.78, 5) is 0. The van der Waals surface area contributed by atoms with E-state index in [4.69, 9.17) is 16.3 Å². The van der Waals surface area contributed by atoms with Crippen molar-refractivity contribution >= 4 is 28.1 Å². The van der Waals surface area contributed by atoms with Gasteiger partial charge in [0, 0.05) is 11.6 Å². The normalized spacial score (nSPS) is 10.5. The highest BCUT2D eigenvalue weighted by molar-refractivity contribution is 7.15. The predicted molar refractivity (Wildman–Crippen MR) is 79.3 cm³/mol. The second-order valence-corrected chi connectivity index (χ2v) is 5.63. The molecule has 0 unspecified atom stereocenters. The smallest absolute Gasteiger partial charge is 0.205 e. The molecule has 2 aromatic rings. The summed E-state index contributed by atoms with van der Waals surface area (Å²) in [6.07, 6.45) is 0. The monoisotopic (exact) mass is 297 g/mol. The fourth-order valence-corrected chi connectivity index (χ4v) is 2.50. The molecular weight excluding hydrogens is 282 g/mol. The van der Waals surface area contributed by atoms with Crippen molar-refractivity contribution in [2.45, 2.75) is 27.4 Å². The van der Waals surface area contributed by atoms with Gasteiger partial charge in [-0.1, -0.05) is 22.9 Å². The van der Waals surface area contributed by atoms with Gasteiger partial charge in [0.2, 0.25) is 5.13 Å². The standard InChI is InChI=1S/C13H16ClN3OS/c1-4-15-13-17-16-11(19-13)7-18-10-5-8(2)12(14)9(3)6-10/h5-6H,4,7H2,1-3H3,(H,15,17). The molecule has 1 aromatic heterocycles. The minimum absolute atomic E-state index is 0.420. The van der Waals surface area contributed by atoms with E-state index in [0.29, 0.717) is 6.61 Å². The number of aromatic nitrogens is 2. The van der Waals surface area contributed by atoms with Crippen LogP contribution in [0.25, 0.3) is 0 Å². The Morgan fingerprint density at radius 1 is 1.26 bits per heavy atom. The summed E-state index contributed by atoms with van der Waals surface area (Å²) in [6, 6.07) is 3.86. The number of anilines is 1.